The summed E-state index contributed by atoms with van der Waals surface area (Å²) in [6.45, 7) is 13.7. The van der Waals surface area contributed by atoms with Crippen LogP contribution in [0, 0.1) is 0 Å². The fraction of sp³-hybridized carbons (Fsp3) is 0.700. The fourth-order valence-electron chi connectivity index (χ4n) is 3.21. The van der Waals surface area contributed by atoms with Crippen molar-refractivity contribution in [2.75, 3.05) is 38.1 Å². The van der Waals surface area contributed by atoms with Gasteiger partial charge in [0.1, 0.15) is 10.6 Å². The van der Waals surface area contributed by atoms with E-state index in [2.05, 4.69) is 4.90 Å². The maximum atomic E-state index is 13.0. The zero-order valence-corrected chi connectivity index (χ0v) is 18.8. The van der Waals surface area contributed by atoms with E-state index >= 15 is 0 Å². The molecule has 1 fully saturated rings. The van der Waals surface area contributed by atoms with Crippen LogP contribution < -0.4 is 4.90 Å². The lowest BCUT2D eigenvalue weighted by atomic mass is 10.1. The van der Waals surface area contributed by atoms with Crippen LogP contribution in [0.4, 0.5) is 9.80 Å². The van der Waals surface area contributed by atoms with Crippen molar-refractivity contribution in [1.82, 2.24) is 9.80 Å². The summed E-state index contributed by atoms with van der Waals surface area (Å²) < 4.78 is 5.38. The molecule has 2 heterocycles. The van der Waals surface area contributed by atoms with Gasteiger partial charge >= 0.3 is 6.09 Å². The van der Waals surface area contributed by atoms with E-state index in [0.29, 0.717) is 23.0 Å². The summed E-state index contributed by atoms with van der Waals surface area (Å²) in [6.07, 6.45) is -0.443. The van der Waals surface area contributed by atoms with Gasteiger partial charge < -0.3 is 14.7 Å². The van der Waals surface area contributed by atoms with E-state index in [1.807, 2.05) is 32.6 Å². The second-order valence-corrected chi connectivity index (χ2v) is 10.1. The average molecular weight is 412 g/mol. The quantitative estimate of drug-likeness (QED) is 0.824. The molecule has 1 aliphatic rings. The smallest absolute Gasteiger partial charge is 0.415 e. The van der Waals surface area contributed by atoms with Gasteiger partial charge in [-0.15, -0.1) is 11.3 Å². The zero-order chi connectivity index (χ0) is 21.3. The molecule has 0 saturated carbocycles. The summed E-state index contributed by atoms with van der Waals surface area (Å²) in [5.74, 6) is -0.0238. The monoisotopic (exact) mass is 411 g/mol. The van der Waals surface area contributed by atoms with E-state index < -0.39 is 17.3 Å². The predicted octanol–water partition coefficient (Wildman–Crippen LogP) is 3.04. The third kappa shape index (κ3) is 6.18. The molecule has 0 radical (unpaired) electrons. The van der Waals surface area contributed by atoms with Crippen LogP contribution in [-0.4, -0.2) is 77.4 Å². The second-order valence-electron chi connectivity index (χ2n) is 9.07. The van der Waals surface area contributed by atoms with E-state index in [4.69, 9.17) is 4.74 Å². The number of rotatable bonds is 4. The van der Waals surface area contributed by atoms with Crippen LogP contribution >= 0.6 is 11.3 Å². The molecule has 28 heavy (non-hydrogen) atoms. The SMILES string of the molecule is C[C@H]1CN(CC(C)(C)O)CCN1C(=O)c1ccc(N(C)C(=O)OC(C)(C)C)s1. The second kappa shape index (κ2) is 8.39. The van der Waals surface area contributed by atoms with Gasteiger partial charge in [-0.05, 0) is 53.7 Å². The van der Waals surface area contributed by atoms with E-state index in [0.717, 1.165) is 13.1 Å². The number of aliphatic hydroxyl groups is 1. The summed E-state index contributed by atoms with van der Waals surface area (Å²) in [4.78, 5) is 31.3. The van der Waals surface area contributed by atoms with Gasteiger partial charge in [0.25, 0.3) is 5.91 Å². The number of ether oxygens (including phenoxy) is 1. The van der Waals surface area contributed by atoms with Gasteiger partial charge in [-0.2, -0.15) is 0 Å². The van der Waals surface area contributed by atoms with E-state index in [9.17, 15) is 14.7 Å². The average Bonchev–Trinajstić information content (AvgIpc) is 3.00. The molecule has 0 spiro atoms. The summed E-state index contributed by atoms with van der Waals surface area (Å²) in [6, 6.07) is 3.59. The Morgan fingerprint density at radius 3 is 2.43 bits per heavy atom. The van der Waals surface area contributed by atoms with E-state index in [-0.39, 0.29) is 11.9 Å². The maximum Gasteiger partial charge on any atom is 0.415 e. The molecule has 158 valence electrons. The van der Waals surface area contributed by atoms with Gasteiger partial charge in [0.15, 0.2) is 0 Å². The number of piperazine rings is 1. The summed E-state index contributed by atoms with van der Waals surface area (Å²) in [5, 5.41) is 10.7. The third-order valence-electron chi connectivity index (χ3n) is 4.38. The highest BCUT2D eigenvalue weighted by Gasteiger charge is 2.31. The molecule has 7 nitrogen and oxygen atoms in total. The Morgan fingerprint density at radius 1 is 1.25 bits per heavy atom. The number of thiophene rings is 1. The van der Waals surface area contributed by atoms with Crippen LogP contribution in [0.1, 0.15) is 51.2 Å². The lowest BCUT2D eigenvalue weighted by molar-refractivity contribution is 0.00590. The first kappa shape index (κ1) is 22.6. The van der Waals surface area contributed by atoms with Gasteiger partial charge in [-0.25, -0.2) is 4.79 Å². The first-order valence-corrected chi connectivity index (χ1v) is 10.4. The predicted molar refractivity (Wildman–Crippen MR) is 112 cm³/mol. The molecule has 1 atom stereocenters. The third-order valence-corrected chi connectivity index (χ3v) is 5.53. The number of β-amino-alcohol motifs (C(OH)–C–C–N with tert-alkyl or cyclic N) is 1. The lowest BCUT2D eigenvalue weighted by Gasteiger charge is -2.41. The fourth-order valence-corrected chi connectivity index (χ4v) is 4.12. The van der Waals surface area contributed by atoms with Crippen LogP contribution in [0.15, 0.2) is 12.1 Å². The standard InChI is InChI=1S/C20H33N3O4S/c1-14-12-22(13-20(5,6)26)10-11-23(14)17(24)15-8-9-16(28-15)21(7)18(25)27-19(2,3)4/h8-9,14,26H,10-13H2,1-7H3/t14-/m0/s1. The first-order valence-electron chi connectivity index (χ1n) is 9.59. The van der Waals surface area contributed by atoms with Crippen LogP contribution in [-0.2, 0) is 4.74 Å². The number of carbonyl (C=O) groups excluding carboxylic acids is 2. The number of amides is 2. The normalized spacial score (nSPS) is 18.9. The van der Waals surface area contributed by atoms with Crippen LogP contribution in [0.5, 0.6) is 0 Å². The largest absolute Gasteiger partial charge is 0.443 e. The highest BCUT2D eigenvalue weighted by atomic mass is 32.1. The Kier molecular flexibility index (Phi) is 6.78. The molecule has 0 aromatic carbocycles. The Labute approximate surface area is 171 Å². The van der Waals surface area contributed by atoms with Crippen molar-refractivity contribution in [2.45, 2.75) is 58.8 Å². The number of hydrogen-bond acceptors (Lipinski definition) is 6. The molecule has 1 aliphatic heterocycles. The molecule has 8 heteroatoms. The van der Waals surface area contributed by atoms with Gasteiger partial charge in [-0.3, -0.25) is 14.6 Å². The van der Waals surface area contributed by atoms with Gasteiger partial charge in [0.05, 0.1) is 10.5 Å². The van der Waals surface area contributed by atoms with E-state index in [1.165, 1.54) is 16.2 Å². The topological polar surface area (TPSA) is 73.3 Å². The summed E-state index contributed by atoms with van der Waals surface area (Å²) >= 11 is 1.29. The molecule has 1 N–H and O–H groups in total. The van der Waals surface area contributed by atoms with Crippen molar-refractivity contribution >= 4 is 28.3 Å². The highest BCUT2D eigenvalue weighted by molar-refractivity contribution is 7.18. The van der Waals surface area contributed by atoms with Gasteiger partial charge in [-0.1, -0.05) is 0 Å². The minimum Gasteiger partial charge on any atom is -0.443 e. The Balaban J connectivity index is 2.01. The number of hydrogen-bond donors (Lipinski definition) is 1. The minimum absolute atomic E-state index is 0.0238. The molecule has 0 aliphatic carbocycles. The Hall–Kier alpha value is -1.64. The van der Waals surface area contributed by atoms with Crippen molar-refractivity contribution in [3.05, 3.63) is 17.0 Å². The number of carbonyl (C=O) groups is 2. The maximum absolute atomic E-state index is 13.0. The van der Waals surface area contributed by atoms with E-state index in [1.54, 1.807) is 33.0 Å². The summed E-state index contributed by atoms with van der Waals surface area (Å²) in [5.41, 5.74) is -1.32. The van der Waals surface area contributed by atoms with Crippen molar-refractivity contribution in [2.24, 2.45) is 0 Å². The Bertz CT molecular complexity index is 705. The van der Waals surface area contributed by atoms with Crippen molar-refractivity contribution in [1.29, 1.82) is 0 Å². The van der Waals surface area contributed by atoms with Gasteiger partial charge in [0, 0.05) is 39.3 Å². The molecule has 2 rings (SSSR count). The summed E-state index contributed by atoms with van der Waals surface area (Å²) in [7, 11) is 1.65. The minimum atomic E-state index is -0.749. The van der Waals surface area contributed by atoms with Gasteiger partial charge in [0.2, 0.25) is 0 Å². The molecular weight excluding hydrogens is 378 g/mol. The molecular formula is C20H33N3O4S. The van der Waals surface area contributed by atoms with Crippen molar-refractivity contribution < 1.29 is 19.4 Å². The van der Waals surface area contributed by atoms with Crippen LogP contribution in [0.2, 0.25) is 0 Å². The molecule has 1 aromatic rings. The highest BCUT2D eigenvalue weighted by Crippen LogP contribution is 2.28. The van der Waals surface area contributed by atoms with Crippen molar-refractivity contribution in [3.8, 4) is 0 Å². The molecule has 0 bridgehead atoms. The number of nitrogens with zero attached hydrogens (tertiary/aromatic N) is 3. The molecule has 0 unspecified atom stereocenters. The lowest BCUT2D eigenvalue weighted by Crippen LogP contribution is -2.56. The molecule has 1 aromatic heterocycles. The van der Waals surface area contributed by atoms with Crippen LogP contribution in [0.25, 0.3) is 0 Å². The Morgan fingerprint density at radius 2 is 1.89 bits per heavy atom. The molecule has 2 amide bonds. The number of anilines is 1. The van der Waals surface area contributed by atoms with Crippen LogP contribution in [0.3, 0.4) is 0 Å². The molecule has 1 saturated heterocycles. The van der Waals surface area contributed by atoms with Crippen molar-refractivity contribution in [3.63, 3.8) is 0 Å². The zero-order valence-electron chi connectivity index (χ0n) is 18.0. The first-order chi connectivity index (χ1) is 12.8.